The Bertz CT molecular complexity index is 500. The lowest BCUT2D eigenvalue weighted by Crippen LogP contribution is -2.33. The highest BCUT2D eigenvalue weighted by Crippen LogP contribution is 2.22. The second kappa shape index (κ2) is 5.83. The van der Waals surface area contributed by atoms with Crippen LogP contribution in [-0.4, -0.2) is 37.1 Å². The number of amides is 1. The number of carbonyl (C=O) groups is 1. The largest absolute Gasteiger partial charge is 0.390 e. The van der Waals surface area contributed by atoms with Gasteiger partial charge in [0.1, 0.15) is 0 Å². The topological polar surface area (TPSA) is 32.3 Å². The van der Waals surface area contributed by atoms with Crippen molar-refractivity contribution in [2.24, 2.45) is 0 Å². The Hall–Kier alpha value is -1.56. The fourth-order valence-electron chi connectivity index (χ4n) is 2.33. The first-order valence-electron chi connectivity index (χ1n) is 6.52. The van der Waals surface area contributed by atoms with Crippen molar-refractivity contribution in [3.8, 4) is 0 Å². The van der Waals surface area contributed by atoms with Crippen LogP contribution in [0.15, 0.2) is 18.2 Å². The van der Waals surface area contributed by atoms with Gasteiger partial charge in [-0.25, -0.2) is 0 Å². The molecule has 1 heterocycles. The molecule has 1 aromatic carbocycles. The Labute approximate surface area is 115 Å². The van der Waals surface area contributed by atoms with Crippen molar-refractivity contribution in [3.05, 3.63) is 34.9 Å². The highest BCUT2D eigenvalue weighted by molar-refractivity contribution is 5.96. The van der Waals surface area contributed by atoms with Crippen molar-refractivity contribution in [2.75, 3.05) is 20.1 Å². The molecule has 0 spiro atoms. The molecule has 1 amide bonds. The van der Waals surface area contributed by atoms with E-state index in [4.69, 9.17) is 0 Å². The van der Waals surface area contributed by atoms with Gasteiger partial charge in [-0.2, -0.15) is 13.2 Å². The van der Waals surface area contributed by atoms with E-state index >= 15 is 0 Å². The van der Waals surface area contributed by atoms with Crippen LogP contribution in [0.1, 0.15) is 27.9 Å². The molecule has 0 aromatic heterocycles. The monoisotopic (exact) mass is 286 g/mol. The molecular weight excluding hydrogens is 269 g/mol. The minimum Gasteiger partial charge on any atom is -0.341 e. The number of hydrogen-bond donors (Lipinski definition) is 1. The van der Waals surface area contributed by atoms with E-state index in [1.807, 2.05) is 6.07 Å². The van der Waals surface area contributed by atoms with Crippen LogP contribution in [0.4, 0.5) is 13.2 Å². The highest BCUT2D eigenvalue weighted by atomic mass is 19.4. The van der Waals surface area contributed by atoms with E-state index in [2.05, 4.69) is 5.32 Å². The van der Waals surface area contributed by atoms with Crippen LogP contribution in [0, 0.1) is 0 Å². The number of hydrogen-bond acceptors (Lipinski definition) is 2. The van der Waals surface area contributed by atoms with Gasteiger partial charge in [-0.3, -0.25) is 4.79 Å². The number of nitrogens with one attached hydrogen (secondary N) is 1. The highest BCUT2D eigenvalue weighted by Gasteiger charge is 2.29. The summed E-state index contributed by atoms with van der Waals surface area (Å²) in [5.41, 5.74) is 2.52. The molecule has 1 aliphatic heterocycles. The van der Waals surface area contributed by atoms with Crippen LogP contribution in [0.3, 0.4) is 0 Å². The van der Waals surface area contributed by atoms with Gasteiger partial charge in [-0.05, 0) is 30.2 Å². The summed E-state index contributed by atoms with van der Waals surface area (Å²) in [5.74, 6) is -0.340. The molecule has 0 bridgehead atoms. The van der Waals surface area contributed by atoms with Crippen LogP contribution < -0.4 is 5.32 Å². The number of alkyl halides is 3. The minimum atomic E-state index is -4.24. The average Bonchev–Trinajstić information content (AvgIpc) is 2.42. The quantitative estimate of drug-likeness (QED) is 0.925. The van der Waals surface area contributed by atoms with Crippen LogP contribution in [0.2, 0.25) is 0 Å². The van der Waals surface area contributed by atoms with Crippen molar-refractivity contribution in [1.82, 2.24) is 10.2 Å². The zero-order valence-corrected chi connectivity index (χ0v) is 11.3. The van der Waals surface area contributed by atoms with Crippen molar-refractivity contribution in [3.63, 3.8) is 0 Å². The van der Waals surface area contributed by atoms with Crippen molar-refractivity contribution in [2.45, 2.75) is 25.6 Å². The molecule has 0 unspecified atom stereocenters. The predicted molar refractivity (Wildman–Crippen MR) is 69.5 cm³/mol. The fourth-order valence-corrected chi connectivity index (χ4v) is 2.33. The number of carbonyl (C=O) groups excluding carboxylic acids is 1. The summed E-state index contributed by atoms with van der Waals surface area (Å²) >= 11 is 0. The molecule has 110 valence electrons. The Morgan fingerprint density at radius 3 is 2.85 bits per heavy atom. The molecule has 1 N–H and O–H groups in total. The Morgan fingerprint density at radius 2 is 2.15 bits per heavy atom. The summed E-state index contributed by atoms with van der Waals surface area (Å²) in [5, 5.41) is 3.21. The molecule has 3 nitrogen and oxygen atoms in total. The van der Waals surface area contributed by atoms with Crippen LogP contribution in [0.5, 0.6) is 0 Å². The summed E-state index contributed by atoms with van der Waals surface area (Å²) in [7, 11) is 1.41. The molecular formula is C14H17F3N2O. The summed E-state index contributed by atoms with van der Waals surface area (Å²) in [6.45, 7) is 1.16. The van der Waals surface area contributed by atoms with Gasteiger partial charge in [0.25, 0.3) is 5.91 Å². The van der Waals surface area contributed by atoms with Gasteiger partial charge < -0.3 is 10.2 Å². The zero-order chi connectivity index (χ0) is 14.8. The van der Waals surface area contributed by atoms with Gasteiger partial charge in [-0.1, -0.05) is 12.1 Å². The standard InChI is InChI=1S/C14H17F3N2O/c1-19(8-6-14(15,16)17)13(20)12-4-2-3-10-9-18-7-5-11(10)12/h2-4,18H,5-9H2,1H3. The van der Waals surface area contributed by atoms with Crippen LogP contribution >= 0.6 is 0 Å². The number of rotatable bonds is 3. The Morgan fingerprint density at radius 1 is 1.40 bits per heavy atom. The molecule has 0 aliphatic carbocycles. The Balaban J connectivity index is 2.13. The minimum absolute atomic E-state index is 0.315. The first kappa shape index (κ1) is 14.8. The second-order valence-corrected chi connectivity index (χ2v) is 4.96. The third-order valence-electron chi connectivity index (χ3n) is 3.45. The number of fused-ring (bicyclic) bond motifs is 1. The molecule has 20 heavy (non-hydrogen) atoms. The lowest BCUT2D eigenvalue weighted by atomic mass is 9.95. The SMILES string of the molecule is CN(CCC(F)(F)F)C(=O)c1cccc2c1CCNC2. The number of halogens is 3. The number of benzene rings is 1. The van der Waals surface area contributed by atoms with Gasteiger partial charge in [0.15, 0.2) is 0 Å². The van der Waals surface area contributed by atoms with E-state index in [1.165, 1.54) is 7.05 Å². The lowest BCUT2D eigenvalue weighted by Gasteiger charge is -2.23. The molecule has 6 heteroatoms. The molecule has 1 aliphatic rings. The summed E-state index contributed by atoms with van der Waals surface area (Å²) < 4.78 is 36.6. The first-order valence-corrected chi connectivity index (χ1v) is 6.52. The lowest BCUT2D eigenvalue weighted by molar-refractivity contribution is -0.136. The van der Waals surface area contributed by atoms with E-state index < -0.39 is 12.6 Å². The summed E-state index contributed by atoms with van der Waals surface area (Å²) in [6.07, 6.45) is -4.50. The van der Waals surface area contributed by atoms with E-state index in [-0.39, 0.29) is 12.5 Å². The van der Waals surface area contributed by atoms with Crippen molar-refractivity contribution < 1.29 is 18.0 Å². The maximum Gasteiger partial charge on any atom is 0.390 e. The molecule has 0 saturated carbocycles. The van der Waals surface area contributed by atoms with Gasteiger partial charge in [0.2, 0.25) is 0 Å². The van der Waals surface area contributed by atoms with E-state index in [0.717, 1.165) is 29.0 Å². The second-order valence-electron chi connectivity index (χ2n) is 4.96. The zero-order valence-electron chi connectivity index (χ0n) is 11.3. The normalized spacial score (nSPS) is 14.8. The van der Waals surface area contributed by atoms with Gasteiger partial charge in [-0.15, -0.1) is 0 Å². The molecule has 1 aromatic rings. The summed E-state index contributed by atoms with van der Waals surface area (Å²) in [4.78, 5) is 13.4. The van der Waals surface area contributed by atoms with Gasteiger partial charge in [0.05, 0.1) is 6.42 Å². The smallest absolute Gasteiger partial charge is 0.341 e. The maximum absolute atomic E-state index is 12.3. The molecule has 0 radical (unpaired) electrons. The summed E-state index contributed by atoms with van der Waals surface area (Å²) in [6, 6.07) is 5.40. The third-order valence-corrected chi connectivity index (χ3v) is 3.45. The average molecular weight is 286 g/mol. The van der Waals surface area contributed by atoms with E-state index in [1.54, 1.807) is 12.1 Å². The first-order chi connectivity index (χ1) is 9.38. The maximum atomic E-state index is 12.3. The molecule has 2 rings (SSSR count). The van der Waals surface area contributed by atoms with E-state index in [0.29, 0.717) is 12.1 Å². The van der Waals surface area contributed by atoms with Gasteiger partial charge in [0, 0.05) is 25.7 Å². The molecule has 0 saturated heterocycles. The Kier molecular flexibility index (Phi) is 4.32. The predicted octanol–water partition coefficient (Wildman–Crippen LogP) is 2.36. The van der Waals surface area contributed by atoms with Crippen LogP contribution in [0.25, 0.3) is 0 Å². The third kappa shape index (κ3) is 3.50. The molecule has 0 fully saturated rings. The number of nitrogens with zero attached hydrogens (tertiary/aromatic N) is 1. The fraction of sp³-hybridized carbons (Fsp3) is 0.500. The van der Waals surface area contributed by atoms with Crippen molar-refractivity contribution in [1.29, 1.82) is 0 Å². The van der Waals surface area contributed by atoms with Gasteiger partial charge >= 0.3 is 6.18 Å². The van der Waals surface area contributed by atoms with Crippen LogP contribution in [-0.2, 0) is 13.0 Å². The van der Waals surface area contributed by atoms with Crippen molar-refractivity contribution >= 4 is 5.91 Å². The van der Waals surface area contributed by atoms with E-state index in [9.17, 15) is 18.0 Å². The molecule has 0 atom stereocenters.